The number of amides is 2. The van der Waals surface area contributed by atoms with E-state index >= 15 is 0 Å². The topological polar surface area (TPSA) is 106 Å². The van der Waals surface area contributed by atoms with Gasteiger partial charge in [0, 0.05) is 13.7 Å². The van der Waals surface area contributed by atoms with E-state index in [1.807, 2.05) is 0 Å². The molecular weight excluding hydrogens is 284 g/mol. The van der Waals surface area contributed by atoms with Crippen LogP contribution in [0.25, 0.3) is 0 Å². The highest BCUT2D eigenvalue weighted by Gasteiger charge is 2.18. The van der Waals surface area contributed by atoms with Gasteiger partial charge in [0.1, 0.15) is 11.2 Å². The Morgan fingerprint density at radius 3 is 2.90 bits per heavy atom. The highest BCUT2D eigenvalue weighted by molar-refractivity contribution is 6.32. The van der Waals surface area contributed by atoms with E-state index in [0.29, 0.717) is 18.8 Å². The lowest BCUT2D eigenvalue weighted by molar-refractivity contribution is -0.122. The Hall–Kier alpha value is -1.86. The first-order valence-electron chi connectivity index (χ1n) is 5.94. The maximum absolute atomic E-state index is 12.0. The van der Waals surface area contributed by atoms with Crippen LogP contribution in [0.4, 0.5) is 5.69 Å². The molecule has 1 atom stereocenters. The molecule has 1 unspecified atom stereocenters. The van der Waals surface area contributed by atoms with E-state index in [-0.39, 0.29) is 16.6 Å². The van der Waals surface area contributed by atoms with Crippen molar-refractivity contribution in [3.05, 3.63) is 23.0 Å². The quantitative estimate of drug-likeness (QED) is 0.514. The number of methoxy groups -OCH3 is 1. The molecule has 4 N–H and O–H groups in total. The highest BCUT2D eigenvalue weighted by atomic mass is 35.5. The molecule has 0 bridgehead atoms. The van der Waals surface area contributed by atoms with Crippen molar-refractivity contribution in [2.24, 2.45) is 0 Å². The predicted octanol–water partition coefficient (Wildman–Crippen LogP) is 0.198. The summed E-state index contributed by atoms with van der Waals surface area (Å²) >= 11 is 5.81. The molecule has 8 heteroatoms. The smallest absolute Gasteiger partial charge is 0.255 e. The molecule has 110 valence electrons. The van der Waals surface area contributed by atoms with Crippen LogP contribution in [0.15, 0.2) is 12.3 Å². The zero-order chi connectivity index (χ0) is 15.1. The number of carbonyl (C=O) groups is 2. The number of carbonyl (C=O) groups excluding carboxylic acids is 2. The van der Waals surface area contributed by atoms with Crippen LogP contribution in [0.5, 0.6) is 0 Å². The predicted molar refractivity (Wildman–Crippen MR) is 75.5 cm³/mol. The minimum Gasteiger partial charge on any atom is -0.397 e. The van der Waals surface area contributed by atoms with Crippen molar-refractivity contribution in [2.75, 3.05) is 26.0 Å². The Balaban J connectivity index is 2.61. The van der Waals surface area contributed by atoms with Gasteiger partial charge in [-0.3, -0.25) is 9.59 Å². The standard InChI is InChI=1S/C12H17ClN4O3/c1-7(11(18)15-3-4-20-2)17-12(19)9-5-8(14)6-16-10(9)13/h5-7H,3-4,14H2,1-2H3,(H,15,18)(H,17,19). The average Bonchev–Trinajstić information content (AvgIpc) is 2.41. The number of anilines is 1. The second-order valence-corrected chi connectivity index (χ2v) is 4.44. The minimum absolute atomic E-state index is 0.0312. The molecule has 0 aliphatic heterocycles. The van der Waals surface area contributed by atoms with Gasteiger partial charge in [0.25, 0.3) is 5.91 Å². The van der Waals surface area contributed by atoms with Gasteiger partial charge in [-0.15, -0.1) is 0 Å². The molecule has 2 amide bonds. The Bertz CT molecular complexity index is 496. The average molecular weight is 301 g/mol. The Morgan fingerprint density at radius 1 is 1.55 bits per heavy atom. The van der Waals surface area contributed by atoms with Crippen LogP contribution in [0.1, 0.15) is 17.3 Å². The largest absolute Gasteiger partial charge is 0.397 e. The number of rotatable bonds is 6. The molecule has 0 saturated carbocycles. The summed E-state index contributed by atoms with van der Waals surface area (Å²) in [4.78, 5) is 27.4. The summed E-state index contributed by atoms with van der Waals surface area (Å²) < 4.78 is 4.81. The molecule has 0 aromatic carbocycles. The third kappa shape index (κ3) is 4.67. The highest BCUT2D eigenvalue weighted by Crippen LogP contribution is 2.15. The van der Waals surface area contributed by atoms with Crippen LogP contribution in [-0.4, -0.2) is 43.1 Å². The van der Waals surface area contributed by atoms with Crippen LogP contribution >= 0.6 is 11.6 Å². The Kier molecular flexibility index (Phi) is 6.20. The van der Waals surface area contributed by atoms with E-state index in [4.69, 9.17) is 22.1 Å². The number of hydrogen-bond acceptors (Lipinski definition) is 5. The van der Waals surface area contributed by atoms with Gasteiger partial charge in [-0.1, -0.05) is 11.6 Å². The summed E-state index contributed by atoms with van der Waals surface area (Å²) in [5.74, 6) is -0.826. The van der Waals surface area contributed by atoms with Crippen molar-refractivity contribution in [1.82, 2.24) is 15.6 Å². The molecule has 0 aliphatic carbocycles. The van der Waals surface area contributed by atoms with Crippen LogP contribution < -0.4 is 16.4 Å². The number of aromatic nitrogens is 1. The van der Waals surface area contributed by atoms with E-state index in [2.05, 4.69) is 15.6 Å². The lowest BCUT2D eigenvalue weighted by Gasteiger charge is -2.14. The Morgan fingerprint density at radius 2 is 2.25 bits per heavy atom. The van der Waals surface area contributed by atoms with Crippen molar-refractivity contribution in [1.29, 1.82) is 0 Å². The number of pyridine rings is 1. The summed E-state index contributed by atoms with van der Waals surface area (Å²) in [6, 6.07) is 0.692. The lowest BCUT2D eigenvalue weighted by atomic mass is 10.2. The Labute approximate surface area is 121 Å². The minimum atomic E-state index is -0.711. The number of hydrogen-bond donors (Lipinski definition) is 3. The van der Waals surface area contributed by atoms with Crippen molar-refractivity contribution in [3.8, 4) is 0 Å². The van der Waals surface area contributed by atoms with Crippen molar-refractivity contribution in [2.45, 2.75) is 13.0 Å². The van der Waals surface area contributed by atoms with E-state index in [1.165, 1.54) is 19.4 Å². The van der Waals surface area contributed by atoms with Gasteiger partial charge in [0.05, 0.1) is 24.1 Å². The first-order valence-corrected chi connectivity index (χ1v) is 6.32. The fourth-order valence-corrected chi connectivity index (χ4v) is 1.58. The van der Waals surface area contributed by atoms with Crippen LogP contribution in [-0.2, 0) is 9.53 Å². The van der Waals surface area contributed by atoms with Gasteiger partial charge in [-0.2, -0.15) is 0 Å². The van der Waals surface area contributed by atoms with Gasteiger partial charge < -0.3 is 21.1 Å². The maximum Gasteiger partial charge on any atom is 0.255 e. The van der Waals surface area contributed by atoms with Gasteiger partial charge >= 0.3 is 0 Å². The van der Waals surface area contributed by atoms with E-state index in [1.54, 1.807) is 6.92 Å². The number of nitrogen functional groups attached to an aromatic ring is 1. The zero-order valence-electron chi connectivity index (χ0n) is 11.3. The molecule has 0 aliphatic rings. The monoisotopic (exact) mass is 300 g/mol. The summed E-state index contributed by atoms with van der Waals surface area (Å²) in [5.41, 5.74) is 5.99. The van der Waals surface area contributed by atoms with Gasteiger partial charge in [0.2, 0.25) is 5.91 Å². The SMILES string of the molecule is COCCNC(=O)C(C)NC(=O)c1cc(N)cnc1Cl. The first-order chi connectivity index (χ1) is 9.45. The third-order valence-electron chi connectivity index (χ3n) is 2.45. The molecular formula is C12H17ClN4O3. The number of halogens is 1. The molecule has 20 heavy (non-hydrogen) atoms. The van der Waals surface area contributed by atoms with Crippen LogP contribution in [0.3, 0.4) is 0 Å². The molecule has 0 spiro atoms. The van der Waals surface area contributed by atoms with Crippen LogP contribution in [0.2, 0.25) is 5.15 Å². The number of ether oxygens (including phenoxy) is 1. The second kappa shape index (κ2) is 7.66. The van der Waals surface area contributed by atoms with E-state index in [9.17, 15) is 9.59 Å². The van der Waals surface area contributed by atoms with E-state index < -0.39 is 11.9 Å². The molecule has 0 saturated heterocycles. The molecule has 1 rings (SSSR count). The van der Waals surface area contributed by atoms with Gasteiger partial charge in [0.15, 0.2) is 0 Å². The number of nitrogens with two attached hydrogens (primary N) is 1. The maximum atomic E-state index is 12.0. The lowest BCUT2D eigenvalue weighted by Crippen LogP contribution is -2.45. The molecule has 0 fully saturated rings. The number of nitrogens with zero attached hydrogens (tertiary/aromatic N) is 1. The van der Waals surface area contributed by atoms with Crippen molar-refractivity contribution in [3.63, 3.8) is 0 Å². The van der Waals surface area contributed by atoms with Crippen molar-refractivity contribution < 1.29 is 14.3 Å². The zero-order valence-corrected chi connectivity index (χ0v) is 12.0. The fraction of sp³-hybridized carbons (Fsp3) is 0.417. The normalized spacial score (nSPS) is 11.8. The van der Waals surface area contributed by atoms with Crippen LogP contribution in [0, 0.1) is 0 Å². The molecule has 1 aromatic rings. The van der Waals surface area contributed by atoms with Gasteiger partial charge in [-0.25, -0.2) is 4.98 Å². The molecule has 0 radical (unpaired) electrons. The fourth-order valence-electron chi connectivity index (χ4n) is 1.39. The number of nitrogens with one attached hydrogen (secondary N) is 2. The van der Waals surface area contributed by atoms with E-state index in [0.717, 1.165) is 0 Å². The summed E-state index contributed by atoms with van der Waals surface area (Å²) in [5, 5.41) is 5.16. The third-order valence-corrected chi connectivity index (χ3v) is 2.75. The molecule has 7 nitrogen and oxygen atoms in total. The first kappa shape index (κ1) is 16.2. The van der Waals surface area contributed by atoms with Gasteiger partial charge in [-0.05, 0) is 13.0 Å². The summed E-state index contributed by atoms with van der Waals surface area (Å²) in [6.45, 7) is 2.33. The summed E-state index contributed by atoms with van der Waals surface area (Å²) in [6.07, 6.45) is 1.35. The summed E-state index contributed by atoms with van der Waals surface area (Å²) in [7, 11) is 1.53. The van der Waals surface area contributed by atoms with Crippen molar-refractivity contribution >= 4 is 29.1 Å². The molecule has 1 heterocycles. The second-order valence-electron chi connectivity index (χ2n) is 4.09. The molecule has 1 aromatic heterocycles.